The Morgan fingerprint density at radius 3 is 0.741 bits per heavy atom. The Kier molecular flexibility index (Phi) is 21.4. The lowest BCUT2D eigenvalue weighted by Crippen LogP contribution is -2.25. The second-order valence-corrected chi connectivity index (χ2v) is 22.7. The standard InChI is InChI=1S/C77H90O4/c1-7-13-19-21-43-77(44-22-20-14-8-2)75-55-61(67-51-63(57-23-33-69(34-24-57)78-45-15-9-3)49-64(52-67)58-25-35-70(36-26-58)79-46-16-10-4)31-41-73(75)74-42-32-62(56-76(74)77)68-53-65(59-27-37-71(38-28-59)80-47-17-11-5)50-66(54-68)60-29-39-72(40-30-60)81-48-18-12-6/h23-42,49-56H,7-22,43-48H2,1-6H3. The van der Waals surface area contributed by atoms with Gasteiger partial charge in [0, 0.05) is 5.41 Å². The van der Waals surface area contributed by atoms with Crippen molar-refractivity contribution in [2.24, 2.45) is 0 Å². The summed E-state index contributed by atoms with van der Waals surface area (Å²) >= 11 is 0. The molecule has 4 nitrogen and oxygen atoms in total. The van der Waals surface area contributed by atoms with Crippen LogP contribution in [0.3, 0.4) is 0 Å². The minimum atomic E-state index is -0.137. The molecule has 1 aliphatic carbocycles. The van der Waals surface area contributed by atoms with Crippen LogP contribution in [0.2, 0.25) is 0 Å². The van der Waals surface area contributed by atoms with E-state index >= 15 is 0 Å². The molecule has 0 unspecified atom stereocenters. The largest absolute Gasteiger partial charge is 0.494 e. The Labute approximate surface area is 487 Å². The molecule has 0 atom stereocenters. The molecule has 0 fully saturated rings. The molecular weight excluding hydrogens is 989 g/mol. The molecule has 0 radical (unpaired) electrons. The Balaban J connectivity index is 1.16. The Bertz CT molecular complexity index is 2840. The summed E-state index contributed by atoms with van der Waals surface area (Å²) < 4.78 is 24.5. The van der Waals surface area contributed by atoms with Gasteiger partial charge in [0.05, 0.1) is 26.4 Å². The van der Waals surface area contributed by atoms with Gasteiger partial charge < -0.3 is 18.9 Å². The fourth-order valence-electron chi connectivity index (χ4n) is 11.8. The summed E-state index contributed by atoms with van der Waals surface area (Å²) in [4.78, 5) is 0. The van der Waals surface area contributed by atoms with E-state index in [0.717, 1.165) is 114 Å². The van der Waals surface area contributed by atoms with Crippen LogP contribution < -0.4 is 18.9 Å². The van der Waals surface area contributed by atoms with Crippen molar-refractivity contribution in [2.45, 2.75) is 163 Å². The average Bonchev–Trinajstić information content (AvgIpc) is 4.06. The molecule has 81 heavy (non-hydrogen) atoms. The third kappa shape index (κ3) is 14.9. The quantitative estimate of drug-likeness (QED) is 0.0394. The first kappa shape index (κ1) is 58.6. The van der Waals surface area contributed by atoms with E-state index in [1.807, 2.05) is 0 Å². The first-order valence-corrected chi connectivity index (χ1v) is 31.4. The lowest BCUT2D eigenvalue weighted by molar-refractivity contribution is 0.309. The van der Waals surface area contributed by atoms with Crippen molar-refractivity contribution in [2.75, 3.05) is 26.4 Å². The Morgan fingerprint density at radius 1 is 0.235 bits per heavy atom. The van der Waals surface area contributed by atoms with E-state index < -0.39 is 0 Å². The van der Waals surface area contributed by atoms with Gasteiger partial charge in [0.15, 0.2) is 0 Å². The van der Waals surface area contributed by atoms with Crippen molar-refractivity contribution in [3.05, 3.63) is 181 Å². The minimum Gasteiger partial charge on any atom is -0.494 e. The van der Waals surface area contributed by atoms with Gasteiger partial charge >= 0.3 is 0 Å². The van der Waals surface area contributed by atoms with Gasteiger partial charge in [-0.2, -0.15) is 0 Å². The van der Waals surface area contributed by atoms with Gasteiger partial charge in [-0.15, -0.1) is 0 Å². The van der Waals surface area contributed by atoms with E-state index in [9.17, 15) is 0 Å². The molecule has 0 aliphatic heterocycles. The molecule has 0 heterocycles. The van der Waals surface area contributed by atoms with Crippen LogP contribution in [-0.2, 0) is 5.41 Å². The summed E-state index contributed by atoms with van der Waals surface area (Å²) in [6, 6.07) is 64.2. The molecule has 8 aromatic rings. The second-order valence-electron chi connectivity index (χ2n) is 22.7. The highest BCUT2D eigenvalue weighted by atomic mass is 16.5. The van der Waals surface area contributed by atoms with Crippen molar-refractivity contribution >= 4 is 0 Å². The maximum atomic E-state index is 6.13. The lowest BCUT2D eigenvalue weighted by atomic mass is 9.70. The van der Waals surface area contributed by atoms with Gasteiger partial charge in [0.25, 0.3) is 0 Å². The summed E-state index contributed by atoms with van der Waals surface area (Å²) in [5.74, 6) is 3.68. The summed E-state index contributed by atoms with van der Waals surface area (Å²) in [7, 11) is 0. The van der Waals surface area contributed by atoms with Gasteiger partial charge in [0.1, 0.15) is 23.0 Å². The van der Waals surface area contributed by atoms with Gasteiger partial charge in [-0.05, 0) is 225 Å². The zero-order valence-electron chi connectivity index (χ0n) is 49.9. The van der Waals surface area contributed by atoms with Crippen LogP contribution in [0.5, 0.6) is 23.0 Å². The van der Waals surface area contributed by atoms with E-state index in [1.54, 1.807) is 0 Å². The number of unbranched alkanes of at least 4 members (excludes halogenated alkanes) is 10. The topological polar surface area (TPSA) is 36.9 Å². The summed E-state index contributed by atoms with van der Waals surface area (Å²) in [6.45, 7) is 16.4. The van der Waals surface area contributed by atoms with E-state index in [1.165, 1.54) is 140 Å². The molecule has 0 saturated heterocycles. The average molecular weight is 1080 g/mol. The highest BCUT2D eigenvalue weighted by Gasteiger charge is 2.42. The third-order valence-corrected chi connectivity index (χ3v) is 16.6. The third-order valence-electron chi connectivity index (χ3n) is 16.6. The van der Waals surface area contributed by atoms with Crippen LogP contribution in [0.1, 0.15) is 168 Å². The molecule has 8 aromatic carbocycles. The molecule has 0 N–H and O–H groups in total. The summed E-state index contributed by atoms with van der Waals surface area (Å²) in [5, 5.41) is 0. The molecule has 1 aliphatic rings. The van der Waals surface area contributed by atoms with Gasteiger partial charge in [-0.25, -0.2) is 0 Å². The van der Waals surface area contributed by atoms with Gasteiger partial charge in [-0.3, -0.25) is 0 Å². The van der Waals surface area contributed by atoms with Gasteiger partial charge in [0.2, 0.25) is 0 Å². The van der Waals surface area contributed by atoms with Crippen molar-refractivity contribution < 1.29 is 18.9 Å². The molecule has 0 spiro atoms. The fraction of sp³-hybridized carbons (Fsp3) is 0.377. The summed E-state index contributed by atoms with van der Waals surface area (Å²) in [6.07, 6.45) is 20.7. The minimum absolute atomic E-state index is 0.137. The van der Waals surface area contributed by atoms with Crippen LogP contribution in [0.4, 0.5) is 0 Å². The smallest absolute Gasteiger partial charge is 0.119 e. The van der Waals surface area contributed by atoms with E-state index in [0.29, 0.717) is 0 Å². The van der Waals surface area contributed by atoms with E-state index in [4.69, 9.17) is 18.9 Å². The monoisotopic (exact) mass is 1080 g/mol. The van der Waals surface area contributed by atoms with E-state index in [2.05, 4.69) is 211 Å². The number of fused-ring (bicyclic) bond motifs is 3. The zero-order chi connectivity index (χ0) is 56.2. The fourth-order valence-corrected chi connectivity index (χ4v) is 11.8. The Hall–Kier alpha value is -7.04. The number of hydrogen-bond donors (Lipinski definition) is 0. The number of benzene rings is 8. The first-order chi connectivity index (χ1) is 39.9. The van der Waals surface area contributed by atoms with Crippen LogP contribution >= 0.6 is 0 Å². The normalized spacial score (nSPS) is 12.3. The first-order valence-electron chi connectivity index (χ1n) is 31.4. The van der Waals surface area contributed by atoms with Crippen LogP contribution in [0, 0.1) is 0 Å². The van der Waals surface area contributed by atoms with Crippen LogP contribution in [0.25, 0.3) is 77.9 Å². The summed E-state index contributed by atoms with van der Waals surface area (Å²) in [5.41, 5.74) is 20.1. The van der Waals surface area contributed by atoms with Crippen molar-refractivity contribution in [3.63, 3.8) is 0 Å². The number of ether oxygens (including phenoxy) is 4. The molecule has 422 valence electrons. The maximum Gasteiger partial charge on any atom is 0.119 e. The molecule has 0 saturated carbocycles. The highest BCUT2D eigenvalue weighted by molar-refractivity contribution is 5.89. The van der Waals surface area contributed by atoms with Crippen LogP contribution in [0.15, 0.2) is 170 Å². The molecule has 9 rings (SSSR count). The second kappa shape index (κ2) is 29.6. The van der Waals surface area contributed by atoms with Crippen LogP contribution in [-0.4, -0.2) is 26.4 Å². The molecular formula is C77H90O4. The van der Waals surface area contributed by atoms with Gasteiger partial charge in [-0.1, -0.05) is 191 Å². The van der Waals surface area contributed by atoms with Crippen molar-refractivity contribution in [3.8, 4) is 101 Å². The Morgan fingerprint density at radius 2 is 0.481 bits per heavy atom. The van der Waals surface area contributed by atoms with Crippen molar-refractivity contribution in [1.29, 1.82) is 0 Å². The predicted octanol–water partition coefficient (Wildman–Crippen LogP) is 22.6. The molecule has 0 amide bonds. The molecule has 0 aromatic heterocycles. The maximum absolute atomic E-state index is 6.13. The van der Waals surface area contributed by atoms with Crippen molar-refractivity contribution in [1.82, 2.24) is 0 Å². The number of rotatable bonds is 32. The highest BCUT2D eigenvalue weighted by Crippen LogP contribution is 2.56. The lowest BCUT2D eigenvalue weighted by Gasteiger charge is -2.33. The SMILES string of the molecule is CCCCCCC1(CCCCCC)c2cc(-c3cc(-c4ccc(OCCCC)cc4)cc(-c4ccc(OCCCC)cc4)c3)ccc2-c2ccc(-c3cc(-c4ccc(OCCCC)cc4)cc(-c4ccc(OCCCC)cc4)c3)cc21. The molecule has 0 bridgehead atoms. The zero-order valence-corrected chi connectivity index (χ0v) is 49.9. The van der Waals surface area contributed by atoms with E-state index in [-0.39, 0.29) is 5.41 Å². The predicted molar refractivity (Wildman–Crippen MR) is 344 cm³/mol. The number of hydrogen-bond acceptors (Lipinski definition) is 4. The molecule has 4 heteroatoms.